The zero-order valence-electron chi connectivity index (χ0n) is 8.65. The minimum atomic E-state index is -0.846. The summed E-state index contributed by atoms with van der Waals surface area (Å²) in [6.45, 7) is 3.43. The third-order valence-corrected chi connectivity index (χ3v) is 2.08. The third-order valence-electron chi connectivity index (χ3n) is 2.08. The van der Waals surface area contributed by atoms with Crippen LogP contribution in [0.3, 0.4) is 0 Å². The molecule has 3 nitrogen and oxygen atoms in total. The van der Waals surface area contributed by atoms with Crippen LogP contribution in [0.25, 0.3) is 11.0 Å². The zero-order chi connectivity index (χ0) is 10.9. The smallest absolute Gasteiger partial charge is 0.188 e. The summed E-state index contributed by atoms with van der Waals surface area (Å²) in [4.78, 5) is 0. The number of furan rings is 1. The first-order valence-electron chi connectivity index (χ1n) is 4.69. The topological polar surface area (TPSA) is 46.2 Å². The van der Waals surface area contributed by atoms with E-state index in [1.165, 1.54) is 0 Å². The number of rotatable bonds is 2. The first kappa shape index (κ1) is 9.60. The van der Waals surface area contributed by atoms with E-state index in [-0.39, 0.29) is 0 Å². The van der Waals surface area contributed by atoms with Gasteiger partial charge >= 0.3 is 0 Å². The molecule has 0 amide bonds. The van der Waals surface area contributed by atoms with Gasteiger partial charge in [0.2, 0.25) is 0 Å². The Morgan fingerprint density at radius 3 is 2.87 bits per heavy atom. The summed E-state index contributed by atoms with van der Waals surface area (Å²) in [6, 6.07) is 9.55. The van der Waals surface area contributed by atoms with Crippen molar-refractivity contribution in [1.29, 1.82) is 5.26 Å². The second-order valence-corrected chi connectivity index (χ2v) is 3.82. The van der Waals surface area contributed by atoms with E-state index in [0.717, 1.165) is 5.39 Å². The summed E-state index contributed by atoms with van der Waals surface area (Å²) in [7, 11) is 0. The fourth-order valence-electron chi connectivity index (χ4n) is 1.34. The summed E-state index contributed by atoms with van der Waals surface area (Å²) < 4.78 is 10.9. The second-order valence-electron chi connectivity index (χ2n) is 3.82. The van der Waals surface area contributed by atoms with E-state index < -0.39 is 5.60 Å². The van der Waals surface area contributed by atoms with Crippen LogP contribution in [0.1, 0.15) is 13.8 Å². The minimum absolute atomic E-state index is 0.601. The predicted molar refractivity (Wildman–Crippen MR) is 56.5 cm³/mol. The van der Waals surface area contributed by atoms with Gasteiger partial charge in [0.1, 0.15) is 6.07 Å². The van der Waals surface area contributed by atoms with Crippen LogP contribution in [0.15, 0.2) is 34.9 Å². The number of hydrogen-bond donors (Lipinski definition) is 0. The number of nitriles is 1. The Labute approximate surface area is 87.9 Å². The Balaban J connectivity index is 2.45. The van der Waals surface area contributed by atoms with Crippen LogP contribution in [0.4, 0.5) is 0 Å². The second kappa shape index (κ2) is 3.32. The van der Waals surface area contributed by atoms with Gasteiger partial charge in [0, 0.05) is 5.39 Å². The van der Waals surface area contributed by atoms with E-state index in [9.17, 15) is 0 Å². The van der Waals surface area contributed by atoms with Gasteiger partial charge in [-0.25, -0.2) is 0 Å². The molecular formula is C12H11NO2. The maximum Gasteiger partial charge on any atom is 0.188 e. The molecule has 2 rings (SSSR count). The molecule has 0 saturated heterocycles. The van der Waals surface area contributed by atoms with Crippen LogP contribution in [-0.2, 0) is 0 Å². The van der Waals surface area contributed by atoms with E-state index in [4.69, 9.17) is 14.4 Å². The molecule has 0 saturated carbocycles. The molecule has 1 heterocycles. The lowest BCUT2D eigenvalue weighted by atomic mass is 10.1. The molecular weight excluding hydrogens is 190 g/mol. The molecule has 0 N–H and O–H groups in total. The molecule has 0 unspecified atom stereocenters. The van der Waals surface area contributed by atoms with Crippen molar-refractivity contribution >= 4 is 11.0 Å². The first-order chi connectivity index (χ1) is 7.12. The highest BCUT2D eigenvalue weighted by Crippen LogP contribution is 2.28. The Kier molecular flexibility index (Phi) is 2.12. The van der Waals surface area contributed by atoms with Crippen LogP contribution in [0, 0.1) is 11.3 Å². The van der Waals surface area contributed by atoms with E-state index in [0.29, 0.717) is 11.3 Å². The number of para-hydroxylation sites is 1. The van der Waals surface area contributed by atoms with Gasteiger partial charge in [-0.15, -0.1) is 0 Å². The highest BCUT2D eigenvalue weighted by molar-refractivity contribution is 5.82. The van der Waals surface area contributed by atoms with Crippen molar-refractivity contribution in [3.63, 3.8) is 0 Å². The van der Waals surface area contributed by atoms with Crippen molar-refractivity contribution in [2.75, 3.05) is 0 Å². The Hall–Kier alpha value is -1.95. The maximum atomic E-state index is 8.87. The largest absolute Gasteiger partial charge is 0.469 e. The number of benzene rings is 1. The summed E-state index contributed by atoms with van der Waals surface area (Å²) in [6.07, 6.45) is 1.61. The van der Waals surface area contributed by atoms with Crippen molar-refractivity contribution < 1.29 is 9.15 Å². The molecule has 3 heteroatoms. The van der Waals surface area contributed by atoms with Crippen LogP contribution in [0.2, 0.25) is 0 Å². The summed E-state index contributed by atoms with van der Waals surface area (Å²) in [5.74, 6) is 0.601. The van der Waals surface area contributed by atoms with E-state index >= 15 is 0 Å². The molecule has 76 valence electrons. The van der Waals surface area contributed by atoms with Crippen LogP contribution in [0.5, 0.6) is 5.75 Å². The van der Waals surface area contributed by atoms with Crippen LogP contribution in [-0.4, -0.2) is 5.60 Å². The van der Waals surface area contributed by atoms with Crippen molar-refractivity contribution in [3.05, 3.63) is 30.5 Å². The zero-order valence-corrected chi connectivity index (χ0v) is 8.65. The van der Waals surface area contributed by atoms with Crippen molar-refractivity contribution in [3.8, 4) is 11.8 Å². The van der Waals surface area contributed by atoms with Crippen LogP contribution < -0.4 is 4.74 Å². The lowest BCUT2D eigenvalue weighted by Gasteiger charge is -2.17. The summed E-state index contributed by atoms with van der Waals surface area (Å²) in [5, 5.41) is 9.85. The molecule has 0 atom stereocenters. The molecule has 0 radical (unpaired) electrons. The lowest BCUT2D eigenvalue weighted by molar-refractivity contribution is 0.170. The number of fused-ring (bicyclic) bond motifs is 1. The monoisotopic (exact) mass is 201 g/mol. The van der Waals surface area contributed by atoms with Gasteiger partial charge in [-0.05, 0) is 26.0 Å². The maximum absolute atomic E-state index is 8.87. The highest BCUT2D eigenvalue weighted by atomic mass is 16.5. The molecule has 0 aliphatic carbocycles. The molecule has 0 bridgehead atoms. The van der Waals surface area contributed by atoms with Gasteiger partial charge in [-0.2, -0.15) is 5.26 Å². The third kappa shape index (κ3) is 1.79. The van der Waals surface area contributed by atoms with Gasteiger partial charge in [-0.3, -0.25) is 0 Å². The standard InChI is InChI=1S/C12H11NO2/c1-12(2,8-13)15-10-5-3-4-9-6-7-14-11(9)10/h3-7H,1-2H3. The average Bonchev–Trinajstić information content (AvgIpc) is 2.66. The highest BCUT2D eigenvalue weighted by Gasteiger charge is 2.20. The fourth-order valence-corrected chi connectivity index (χ4v) is 1.34. The summed E-state index contributed by atoms with van der Waals surface area (Å²) >= 11 is 0. The minimum Gasteiger partial charge on any atom is -0.469 e. The van der Waals surface area contributed by atoms with E-state index in [1.54, 1.807) is 26.2 Å². The molecule has 0 fully saturated rings. The van der Waals surface area contributed by atoms with Crippen molar-refractivity contribution in [1.82, 2.24) is 0 Å². The fraction of sp³-hybridized carbons (Fsp3) is 0.250. The van der Waals surface area contributed by atoms with E-state index in [2.05, 4.69) is 6.07 Å². The first-order valence-corrected chi connectivity index (χ1v) is 4.69. The molecule has 1 aromatic heterocycles. The average molecular weight is 201 g/mol. The normalized spacial score (nSPS) is 11.3. The lowest BCUT2D eigenvalue weighted by Crippen LogP contribution is -2.25. The molecule has 2 aromatic rings. The Morgan fingerprint density at radius 2 is 2.13 bits per heavy atom. The Bertz CT molecular complexity index is 520. The molecule has 0 spiro atoms. The van der Waals surface area contributed by atoms with Crippen LogP contribution >= 0.6 is 0 Å². The van der Waals surface area contributed by atoms with Gasteiger partial charge in [0.15, 0.2) is 16.9 Å². The summed E-state index contributed by atoms with van der Waals surface area (Å²) in [5.41, 5.74) is -0.165. The quantitative estimate of drug-likeness (QED) is 0.749. The van der Waals surface area contributed by atoms with Gasteiger partial charge in [-0.1, -0.05) is 12.1 Å². The van der Waals surface area contributed by atoms with E-state index in [1.807, 2.05) is 18.2 Å². The molecule has 0 aliphatic rings. The number of ether oxygens (including phenoxy) is 1. The predicted octanol–water partition coefficient (Wildman–Crippen LogP) is 3.11. The molecule has 15 heavy (non-hydrogen) atoms. The SMILES string of the molecule is CC(C)(C#N)Oc1cccc2ccoc12. The van der Waals surface area contributed by atoms with Crippen molar-refractivity contribution in [2.24, 2.45) is 0 Å². The van der Waals surface area contributed by atoms with Crippen molar-refractivity contribution in [2.45, 2.75) is 19.4 Å². The van der Waals surface area contributed by atoms with Gasteiger partial charge in [0.25, 0.3) is 0 Å². The molecule has 0 aliphatic heterocycles. The Morgan fingerprint density at radius 1 is 1.33 bits per heavy atom. The van der Waals surface area contributed by atoms with Gasteiger partial charge in [0.05, 0.1) is 6.26 Å². The molecule has 1 aromatic carbocycles. The number of hydrogen-bond acceptors (Lipinski definition) is 3. The van der Waals surface area contributed by atoms with Gasteiger partial charge < -0.3 is 9.15 Å². The number of nitrogens with zero attached hydrogens (tertiary/aromatic N) is 1.